The van der Waals surface area contributed by atoms with E-state index < -0.39 is 8.56 Å². The van der Waals surface area contributed by atoms with Crippen molar-refractivity contribution in [1.29, 1.82) is 0 Å². The molecule has 0 amide bonds. The maximum Gasteiger partial charge on any atom is 0.367 e. The van der Waals surface area contributed by atoms with Crippen LogP contribution < -0.4 is 0 Å². The molecule has 82 valence electrons. The van der Waals surface area contributed by atoms with Gasteiger partial charge in [-0.2, -0.15) is 0 Å². The predicted molar refractivity (Wildman–Crippen MR) is 61.4 cm³/mol. The molecule has 1 saturated carbocycles. The standard InChI is InChI=1S/C11H22O2Si/c1-4-12-14(6-3,13-5-2)11-9-7-8-10-11/h6,11H,3-5,7-10H2,1-2H3. The summed E-state index contributed by atoms with van der Waals surface area (Å²) in [5.74, 6) is 0. The van der Waals surface area contributed by atoms with Crippen LogP contribution in [0.15, 0.2) is 12.3 Å². The van der Waals surface area contributed by atoms with E-state index in [2.05, 4.69) is 6.58 Å². The number of hydrogen-bond donors (Lipinski definition) is 0. The molecule has 0 aliphatic heterocycles. The minimum atomic E-state index is -2.07. The van der Waals surface area contributed by atoms with Crippen molar-refractivity contribution >= 4 is 8.56 Å². The Morgan fingerprint density at radius 3 is 2.07 bits per heavy atom. The SMILES string of the molecule is C=C[Si](OCC)(OCC)C1CCCC1. The lowest BCUT2D eigenvalue weighted by Gasteiger charge is -2.32. The van der Waals surface area contributed by atoms with Crippen LogP contribution in [-0.4, -0.2) is 21.8 Å². The third-order valence-electron chi connectivity index (χ3n) is 2.95. The van der Waals surface area contributed by atoms with E-state index in [1.165, 1.54) is 25.7 Å². The summed E-state index contributed by atoms with van der Waals surface area (Å²) < 4.78 is 11.8. The fourth-order valence-corrected chi connectivity index (χ4v) is 5.58. The Kier molecular flexibility index (Phi) is 4.85. The summed E-state index contributed by atoms with van der Waals surface area (Å²) in [6.45, 7) is 9.50. The van der Waals surface area contributed by atoms with Crippen LogP contribution in [0.1, 0.15) is 39.5 Å². The topological polar surface area (TPSA) is 18.5 Å². The molecule has 0 heterocycles. The summed E-state index contributed by atoms with van der Waals surface area (Å²) in [6.07, 6.45) is 5.18. The third-order valence-corrected chi connectivity index (χ3v) is 6.71. The quantitative estimate of drug-likeness (QED) is 0.632. The molecule has 0 bridgehead atoms. The van der Waals surface area contributed by atoms with Gasteiger partial charge >= 0.3 is 8.56 Å². The maximum absolute atomic E-state index is 5.90. The summed E-state index contributed by atoms with van der Waals surface area (Å²) in [5.41, 5.74) is 2.62. The maximum atomic E-state index is 5.90. The Labute approximate surface area is 88.5 Å². The molecule has 1 aliphatic carbocycles. The van der Waals surface area contributed by atoms with Gasteiger partial charge in [0.25, 0.3) is 0 Å². The lowest BCUT2D eigenvalue weighted by atomic mass is 10.4. The van der Waals surface area contributed by atoms with E-state index in [9.17, 15) is 0 Å². The highest BCUT2D eigenvalue weighted by Gasteiger charge is 2.44. The van der Waals surface area contributed by atoms with Gasteiger partial charge in [-0.3, -0.25) is 0 Å². The summed E-state index contributed by atoms with van der Waals surface area (Å²) in [5, 5.41) is 0. The molecule has 0 unspecified atom stereocenters. The van der Waals surface area contributed by atoms with Gasteiger partial charge in [0, 0.05) is 18.8 Å². The molecule has 14 heavy (non-hydrogen) atoms. The first-order valence-corrected chi connectivity index (χ1v) is 7.67. The van der Waals surface area contributed by atoms with Crippen molar-refractivity contribution in [2.24, 2.45) is 0 Å². The first-order chi connectivity index (χ1) is 6.79. The molecule has 0 N–H and O–H groups in total. The van der Waals surface area contributed by atoms with Gasteiger partial charge in [0.05, 0.1) is 0 Å². The van der Waals surface area contributed by atoms with E-state index in [0.29, 0.717) is 5.54 Å². The third kappa shape index (κ3) is 2.46. The zero-order valence-electron chi connectivity index (χ0n) is 9.42. The first-order valence-electron chi connectivity index (χ1n) is 5.70. The second-order valence-electron chi connectivity index (χ2n) is 3.77. The van der Waals surface area contributed by atoms with Crippen molar-refractivity contribution in [1.82, 2.24) is 0 Å². The van der Waals surface area contributed by atoms with Gasteiger partial charge in [0.2, 0.25) is 0 Å². The molecule has 0 spiro atoms. The Bertz CT molecular complexity index is 170. The fraction of sp³-hybridized carbons (Fsp3) is 0.818. The van der Waals surface area contributed by atoms with E-state index in [4.69, 9.17) is 8.85 Å². The van der Waals surface area contributed by atoms with Crippen molar-refractivity contribution in [2.75, 3.05) is 13.2 Å². The van der Waals surface area contributed by atoms with Gasteiger partial charge in [-0.05, 0) is 32.4 Å². The largest absolute Gasteiger partial charge is 0.391 e. The molecule has 0 radical (unpaired) electrons. The Morgan fingerprint density at radius 2 is 1.71 bits per heavy atom. The molecule has 1 aliphatic rings. The molecule has 1 rings (SSSR count). The molecular weight excluding hydrogens is 192 g/mol. The van der Waals surface area contributed by atoms with Crippen LogP contribution >= 0.6 is 0 Å². The lowest BCUT2D eigenvalue weighted by molar-refractivity contribution is 0.184. The van der Waals surface area contributed by atoms with Crippen LogP contribution in [0.2, 0.25) is 5.54 Å². The average Bonchev–Trinajstić information content (AvgIpc) is 2.70. The van der Waals surface area contributed by atoms with Gasteiger partial charge in [-0.15, -0.1) is 6.58 Å². The Hall–Kier alpha value is -0.123. The molecule has 3 heteroatoms. The van der Waals surface area contributed by atoms with Crippen molar-refractivity contribution in [3.8, 4) is 0 Å². The van der Waals surface area contributed by atoms with E-state index in [-0.39, 0.29) is 0 Å². The van der Waals surface area contributed by atoms with Crippen LogP contribution in [0.25, 0.3) is 0 Å². The van der Waals surface area contributed by atoms with Gasteiger partial charge in [-0.1, -0.05) is 12.8 Å². The molecule has 1 fully saturated rings. The second-order valence-corrected chi connectivity index (χ2v) is 7.02. The Morgan fingerprint density at radius 1 is 1.21 bits per heavy atom. The van der Waals surface area contributed by atoms with Gasteiger partial charge < -0.3 is 8.85 Å². The highest BCUT2D eigenvalue weighted by atomic mass is 28.4. The van der Waals surface area contributed by atoms with Gasteiger partial charge in [0.15, 0.2) is 0 Å². The van der Waals surface area contributed by atoms with Gasteiger partial charge in [0.1, 0.15) is 0 Å². The van der Waals surface area contributed by atoms with E-state index in [1.54, 1.807) is 0 Å². The molecule has 0 atom stereocenters. The summed E-state index contributed by atoms with van der Waals surface area (Å²) >= 11 is 0. The Balaban J connectivity index is 2.69. The highest BCUT2D eigenvalue weighted by molar-refractivity contribution is 6.74. The molecular formula is C11H22O2Si. The average molecular weight is 214 g/mol. The van der Waals surface area contributed by atoms with Crippen molar-refractivity contribution < 1.29 is 8.85 Å². The molecule has 2 nitrogen and oxygen atoms in total. The van der Waals surface area contributed by atoms with Gasteiger partial charge in [-0.25, -0.2) is 0 Å². The van der Waals surface area contributed by atoms with Crippen LogP contribution in [0, 0.1) is 0 Å². The first kappa shape index (κ1) is 11.9. The summed E-state index contributed by atoms with van der Waals surface area (Å²) in [6, 6.07) is 0. The molecule has 0 aromatic rings. The van der Waals surface area contributed by atoms with E-state index in [1.807, 2.05) is 19.5 Å². The summed E-state index contributed by atoms with van der Waals surface area (Å²) in [7, 11) is -2.07. The van der Waals surface area contributed by atoms with Crippen molar-refractivity contribution in [2.45, 2.75) is 45.1 Å². The van der Waals surface area contributed by atoms with Crippen molar-refractivity contribution in [3.63, 3.8) is 0 Å². The highest BCUT2D eigenvalue weighted by Crippen LogP contribution is 2.40. The molecule has 0 aromatic carbocycles. The molecule has 0 aromatic heterocycles. The van der Waals surface area contributed by atoms with Crippen LogP contribution in [0.3, 0.4) is 0 Å². The minimum absolute atomic E-state index is 0.639. The summed E-state index contributed by atoms with van der Waals surface area (Å²) in [4.78, 5) is 0. The van der Waals surface area contributed by atoms with E-state index >= 15 is 0 Å². The van der Waals surface area contributed by atoms with Crippen molar-refractivity contribution in [3.05, 3.63) is 12.3 Å². The van der Waals surface area contributed by atoms with E-state index in [0.717, 1.165) is 13.2 Å². The molecule has 0 saturated heterocycles. The second kappa shape index (κ2) is 5.68. The van der Waals surface area contributed by atoms with Crippen LogP contribution in [0.4, 0.5) is 0 Å². The number of hydrogen-bond acceptors (Lipinski definition) is 2. The minimum Gasteiger partial charge on any atom is -0.391 e. The fourth-order valence-electron chi connectivity index (χ4n) is 2.34. The number of rotatable bonds is 6. The predicted octanol–water partition coefficient (Wildman–Crippen LogP) is 3.17. The van der Waals surface area contributed by atoms with Crippen LogP contribution in [0.5, 0.6) is 0 Å². The van der Waals surface area contributed by atoms with Crippen LogP contribution in [-0.2, 0) is 8.85 Å². The smallest absolute Gasteiger partial charge is 0.367 e. The monoisotopic (exact) mass is 214 g/mol. The zero-order chi connectivity index (χ0) is 10.4. The lowest BCUT2D eigenvalue weighted by Crippen LogP contribution is -2.44. The normalized spacial score (nSPS) is 18.7. The zero-order valence-corrected chi connectivity index (χ0v) is 10.4.